The molecule has 0 aliphatic heterocycles. The van der Waals surface area contributed by atoms with Crippen molar-refractivity contribution in [1.29, 1.82) is 0 Å². The van der Waals surface area contributed by atoms with Gasteiger partial charge < -0.3 is 5.73 Å². The van der Waals surface area contributed by atoms with Gasteiger partial charge in [0.2, 0.25) is 0 Å². The molecule has 1 rings (SSSR count). The monoisotopic (exact) mass is 259 g/mol. The predicted molar refractivity (Wildman–Crippen MR) is 58.2 cm³/mol. The fourth-order valence-electron chi connectivity index (χ4n) is 1.27. The molecule has 0 aliphatic rings. The molecule has 0 amide bonds. The van der Waals surface area contributed by atoms with Gasteiger partial charge in [-0.05, 0) is 28.9 Å². The molecule has 0 fully saturated rings. The fraction of sp³-hybridized carbons (Fsp3) is 0.556. The molecule has 0 radical (unpaired) electrons. The van der Waals surface area contributed by atoms with Crippen molar-refractivity contribution in [2.24, 2.45) is 5.73 Å². The van der Waals surface area contributed by atoms with Crippen molar-refractivity contribution in [3.05, 3.63) is 16.4 Å². The van der Waals surface area contributed by atoms with Crippen LogP contribution in [0.2, 0.25) is 0 Å². The number of hydrogen-bond acceptors (Lipinski definition) is 3. The van der Waals surface area contributed by atoms with Gasteiger partial charge in [0.15, 0.2) is 5.78 Å². The molecule has 4 nitrogen and oxygen atoms in total. The van der Waals surface area contributed by atoms with Crippen molar-refractivity contribution in [1.82, 2.24) is 9.78 Å². The van der Waals surface area contributed by atoms with E-state index in [4.69, 9.17) is 5.73 Å². The second-order valence-corrected chi connectivity index (χ2v) is 3.88. The SMILES string of the molecule is CCCn1ncc(Br)c1C(=O)CCN. The van der Waals surface area contributed by atoms with Gasteiger partial charge in [0.1, 0.15) is 5.69 Å². The van der Waals surface area contributed by atoms with Crippen molar-refractivity contribution in [3.63, 3.8) is 0 Å². The molecule has 1 aromatic heterocycles. The first-order chi connectivity index (χ1) is 6.70. The molecule has 0 bridgehead atoms. The van der Waals surface area contributed by atoms with Crippen LogP contribution in [0.4, 0.5) is 0 Å². The Morgan fingerprint density at radius 2 is 2.43 bits per heavy atom. The van der Waals surface area contributed by atoms with Crippen LogP contribution in [0, 0.1) is 0 Å². The summed E-state index contributed by atoms with van der Waals surface area (Å²) in [6.45, 7) is 3.19. The van der Waals surface area contributed by atoms with E-state index < -0.39 is 0 Å². The van der Waals surface area contributed by atoms with Crippen LogP contribution in [0.15, 0.2) is 10.7 Å². The van der Waals surface area contributed by atoms with E-state index in [1.54, 1.807) is 10.9 Å². The molecule has 1 heterocycles. The smallest absolute Gasteiger partial charge is 0.183 e. The zero-order valence-corrected chi connectivity index (χ0v) is 9.75. The maximum absolute atomic E-state index is 11.7. The van der Waals surface area contributed by atoms with Crippen LogP contribution < -0.4 is 5.73 Å². The van der Waals surface area contributed by atoms with Crippen LogP contribution >= 0.6 is 15.9 Å². The molecule has 0 aliphatic carbocycles. The molecule has 1 aromatic rings. The van der Waals surface area contributed by atoms with E-state index >= 15 is 0 Å². The number of nitrogens with two attached hydrogens (primary N) is 1. The minimum Gasteiger partial charge on any atom is -0.330 e. The van der Waals surface area contributed by atoms with Crippen LogP contribution in [0.3, 0.4) is 0 Å². The molecule has 0 unspecified atom stereocenters. The predicted octanol–water partition coefficient (Wildman–Crippen LogP) is 1.59. The highest BCUT2D eigenvalue weighted by Crippen LogP contribution is 2.17. The molecule has 0 spiro atoms. The summed E-state index contributed by atoms with van der Waals surface area (Å²) in [5.74, 6) is 0.0466. The number of carbonyl (C=O) groups excluding carboxylic acids is 1. The Balaban J connectivity index is 2.92. The minimum absolute atomic E-state index is 0.0466. The van der Waals surface area contributed by atoms with Gasteiger partial charge in [-0.3, -0.25) is 9.48 Å². The lowest BCUT2D eigenvalue weighted by atomic mass is 10.2. The number of nitrogens with zero attached hydrogens (tertiary/aromatic N) is 2. The number of Topliss-reactive ketones (excluding diaryl/α,β-unsaturated/α-hetero) is 1. The minimum atomic E-state index is 0.0466. The summed E-state index contributed by atoms with van der Waals surface area (Å²) in [6, 6.07) is 0. The summed E-state index contributed by atoms with van der Waals surface area (Å²) in [5, 5.41) is 4.12. The molecular formula is C9H14BrN3O. The number of carbonyl (C=O) groups is 1. The third-order valence-electron chi connectivity index (χ3n) is 1.87. The summed E-state index contributed by atoms with van der Waals surface area (Å²) in [4.78, 5) is 11.7. The number of rotatable bonds is 5. The molecule has 5 heteroatoms. The highest BCUT2D eigenvalue weighted by Gasteiger charge is 2.15. The Hall–Kier alpha value is -0.680. The largest absolute Gasteiger partial charge is 0.330 e. The first-order valence-electron chi connectivity index (χ1n) is 4.65. The molecule has 0 atom stereocenters. The topological polar surface area (TPSA) is 60.9 Å². The third-order valence-corrected chi connectivity index (χ3v) is 2.45. The molecule has 2 N–H and O–H groups in total. The second-order valence-electron chi connectivity index (χ2n) is 3.03. The van der Waals surface area contributed by atoms with E-state index in [9.17, 15) is 4.79 Å². The Kier molecular flexibility index (Phi) is 4.28. The average molecular weight is 260 g/mol. The zero-order chi connectivity index (χ0) is 10.6. The maximum Gasteiger partial charge on any atom is 0.183 e. The van der Waals surface area contributed by atoms with E-state index in [1.165, 1.54) is 0 Å². The summed E-state index contributed by atoms with van der Waals surface area (Å²) >= 11 is 3.31. The van der Waals surface area contributed by atoms with E-state index in [0.29, 0.717) is 18.7 Å². The third kappa shape index (κ3) is 2.42. The lowest BCUT2D eigenvalue weighted by molar-refractivity contribution is 0.0974. The molecule has 14 heavy (non-hydrogen) atoms. The average Bonchev–Trinajstić information content (AvgIpc) is 2.48. The maximum atomic E-state index is 11.7. The van der Waals surface area contributed by atoms with Crippen molar-refractivity contribution in [3.8, 4) is 0 Å². The number of aromatic nitrogens is 2. The Morgan fingerprint density at radius 1 is 1.71 bits per heavy atom. The number of hydrogen-bond donors (Lipinski definition) is 1. The summed E-state index contributed by atoms with van der Waals surface area (Å²) in [7, 11) is 0. The molecule has 0 saturated heterocycles. The van der Waals surface area contributed by atoms with Crippen molar-refractivity contribution in [2.45, 2.75) is 26.3 Å². The Bertz CT molecular complexity index is 322. The van der Waals surface area contributed by atoms with Gasteiger partial charge in [-0.15, -0.1) is 0 Å². The highest BCUT2D eigenvalue weighted by atomic mass is 79.9. The van der Waals surface area contributed by atoms with E-state index in [-0.39, 0.29) is 5.78 Å². The quantitative estimate of drug-likeness (QED) is 0.818. The Morgan fingerprint density at radius 3 is 3.00 bits per heavy atom. The molecular weight excluding hydrogens is 246 g/mol. The van der Waals surface area contributed by atoms with Crippen LogP contribution in [-0.2, 0) is 6.54 Å². The fourth-order valence-corrected chi connectivity index (χ4v) is 1.79. The summed E-state index contributed by atoms with van der Waals surface area (Å²) in [5.41, 5.74) is 5.98. The molecule has 78 valence electrons. The van der Waals surface area contributed by atoms with Crippen LogP contribution in [0.25, 0.3) is 0 Å². The first kappa shape index (κ1) is 11.4. The van der Waals surface area contributed by atoms with E-state index in [1.807, 2.05) is 6.92 Å². The second kappa shape index (κ2) is 5.26. The van der Waals surface area contributed by atoms with Crippen molar-refractivity contribution in [2.75, 3.05) is 6.54 Å². The lowest BCUT2D eigenvalue weighted by Gasteiger charge is -2.04. The van der Waals surface area contributed by atoms with Gasteiger partial charge in [0.05, 0.1) is 10.7 Å². The number of aryl methyl sites for hydroxylation is 1. The van der Waals surface area contributed by atoms with Crippen LogP contribution in [-0.4, -0.2) is 22.1 Å². The van der Waals surface area contributed by atoms with Gasteiger partial charge in [-0.1, -0.05) is 6.92 Å². The van der Waals surface area contributed by atoms with E-state index in [2.05, 4.69) is 21.0 Å². The lowest BCUT2D eigenvalue weighted by Crippen LogP contribution is -2.14. The summed E-state index contributed by atoms with van der Waals surface area (Å²) < 4.78 is 2.48. The van der Waals surface area contributed by atoms with Crippen LogP contribution in [0.5, 0.6) is 0 Å². The Labute approximate surface area is 91.6 Å². The normalized spacial score (nSPS) is 10.5. The number of halogens is 1. The van der Waals surface area contributed by atoms with Gasteiger partial charge >= 0.3 is 0 Å². The number of ketones is 1. The van der Waals surface area contributed by atoms with Gasteiger partial charge in [0, 0.05) is 13.0 Å². The highest BCUT2D eigenvalue weighted by molar-refractivity contribution is 9.10. The summed E-state index contributed by atoms with van der Waals surface area (Å²) in [6.07, 6.45) is 2.98. The van der Waals surface area contributed by atoms with Crippen molar-refractivity contribution >= 4 is 21.7 Å². The standard InChI is InChI=1S/C9H14BrN3O/c1-2-5-13-9(7(10)6-12-13)8(14)3-4-11/h6H,2-5,11H2,1H3. The van der Waals surface area contributed by atoms with Gasteiger partial charge in [-0.25, -0.2) is 0 Å². The zero-order valence-electron chi connectivity index (χ0n) is 8.16. The van der Waals surface area contributed by atoms with Crippen molar-refractivity contribution < 1.29 is 4.79 Å². The van der Waals surface area contributed by atoms with Crippen LogP contribution in [0.1, 0.15) is 30.3 Å². The van der Waals surface area contributed by atoms with Gasteiger partial charge in [-0.2, -0.15) is 5.10 Å². The van der Waals surface area contributed by atoms with E-state index in [0.717, 1.165) is 17.4 Å². The first-order valence-corrected chi connectivity index (χ1v) is 5.44. The van der Waals surface area contributed by atoms with Gasteiger partial charge in [0.25, 0.3) is 0 Å². The molecule has 0 aromatic carbocycles. The molecule has 0 saturated carbocycles.